The number of ether oxygens (including phenoxy) is 1. The Bertz CT molecular complexity index is 548. The molecule has 1 fully saturated rings. The zero-order valence-corrected chi connectivity index (χ0v) is 14.0. The molecule has 1 aliphatic heterocycles. The average molecular weight is 352 g/mol. The minimum atomic E-state index is -4.45. The smallest absolute Gasteiger partial charge is 0.444 e. The number of halogens is 3. The molecule has 130 valence electrons. The Morgan fingerprint density at radius 2 is 1.83 bits per heavy atom. The molecule has 1 saturated heterocycles. The summed E-state index contributed by atoms with van der Waals surface area (Å²) in [5.41, 5.74) is -0.549. The number of carbonyl (C=O) groups excluding carboxylic acids is 1. The number of amides is 1. The summed E-state index contributed by atoms with van der Waals surface area (Å²) in [6.45, 7) is 7.65. The van der Waals surface area contributed by atoms with Gasteiger partial charge in [0.2, 0.25) is 5.01 Å². The molecule has 0 radical (unpaired) electrons. The van der Waals surface area contributed by atoms with Crippen LogP contribution in [-0.4, -0.2) is 57.0 Å². The van der Waals surface area contributed by atoms with Crippen LogP contribution in [0.3, 0.4) is 0 Å². The van der Waals surface area contributed by atoms with E-state index >= 15 is 0 Å². The molecule has 0 aromatic carbocycles. The highest BCUT2D eigenvalue weighted by Crippen LogP contribution is 2.30. The largest absolute Gasteiger partial charge is 0.444 e. The van der Waals surface area contributed by atoms with E-state index in [9.17, 15) is 18.0 Å². The fraction of sp³-hybridized carbons (Fsp3) is 0.769. The third kappa shape index (κ3) is 5.31. The van der Waals surface area contributed by atoms with Crippen LogP contribution in [0.2, 0.25) is 0 Å². The molecule has 0 unspecified atom stereocenters. The predicted molar refractivity (Wildman–Crippen MR) is 78.0 cm³/mol. The Kier molecular flexibility index (Phi) is 5.14. The van der Waals surface area contributed by atoms with Gasteiger partial charge in [-0.15, -0.1) is 0 Å². The lowest BCUT2D eigenvalue weighted by molar-refractivity contribution is -0.137. The molecule has 1 aromatic rings. The van der Waals surface area contributed by atoms with Crippen molar-refractivity contribution in [1.82, 2.24) is 19.2 Å². The average Bonchev–Trinajstić information content (AvgIpc) is 2.86. The zero-order valence-electron chi connectivity index (χ0n) is 13.2. The van der Waals surface area contributed by atoms with Gasteiger partial charge >= 0.3 is 12.3 Å². The van der Waals surface area contributed by atoms with Crippen LogP contribution in [0.15, 0.2) is 0 Å². The van der Waals surface area contributed by atoms with E-state index in [0.717, 1.165) is 0 Å². The number of nitrogens with zero attached hydrogens (tertiary/aromatic N) is 4. The Hall–Kier alpha value is -1.42. The summed E-state index contributed by atoms with van der Waals surface area (Å²) in [5.74, 6) is 0.160. The SMILES string of the molecule is CC(C)(C)OC(=O)N1CCN(Cc2nsc(C(F)(F)F)n2)CC1. The molecule has 2 rings (SSSR count). The number of hydrogen-bond acceptors (Lipinski definition) is 6. The van der Waals surface area contributed by atoms with Gasteiger partial charge in [0.1, 0.15) is 5.60 Å². The molecule has 0 bridgehead atoms. The standard InChI is InChI=1S/C13H19F3N4O2S/c1-12(2,3)22-11(21)20-6-4-19(5-7-20)8-9-17-10(23-18-9)13(14,15)16/h4-8H2,1-3H3. The Morgan fingerprint density at radius 1 is 1.22 bits per heavy atom. The van der Waals surface area contributed by atoms with E-state index in [1.54, 1.807) is 25.7 Å². The molecule has 0 aliphatic carbocycles. The lowest BCUT2D eigenvalue weighted by Gasteiger charge is -2.35. The summed E-state index contributed by atoms with van der Waals surface area (Å²) in [7, 11) is 0. The first kappa shape index (κ1) is 17.9. The molecule has 2 heterocycles. The van der Waals surface area contributed by atoms with Crippen molar-refractivity contribution in [3.8, 4) is 0 Å². The minimum Gasteiger partial charge on any atom is -0.444 e. The second-order valence-corrected chi connectivity index (χ2v) is 7.01. The third-order valence-corrected chi connectivity index (χ3v) is 3.90. The van der Waals surface area contributed by atoms with Crippen molar-refractivity contribution in [2.24, 2.45) is 0 Å². The van der Waals surface area contributed by atoms with Gasteiger partial charge in [0.25, 0.3) is 0 Å². The Balaban J connectivity index is 1.83. The van der Waals surface area contributed by atoms with E-state index in [0.29, 0.717) is 37.7 Å². The first-order valence-electron chi connectivity index (χ1n) is 7.15. The lowest BCUT2D eigenvalue weighted by Crippen LogP contribution is -2.49. The summed E-state index contributed by atoms with van der Waals surface area (Å²) in [4.78, 5) is 19.0. The fourth-order valence-electron chi connectivity index (χ4n) is 2.05. The normalized spacial score (nSPS) is 17.4. The molecule has 0 N–H and O–H groups in total. The quantitative estimate of drug-likeness (QED) is 0.819. The Labute approximate surface area is 136 Å². The Morgan fingerprint density at radius 3 is 2.30 bits per heavy atom. The van der Waals surface area contributed by atoms with Crippen LogP contribution in [0.1, 0.15) is 31.6 Å². The van der Waals surface area contributed by atoms with Gasteiger partial charge in [0.15, 0.2) is 5.82 Å². The molecule has 23 heavy (non-hydrogen) atoms. The van der Waals surface area contributed by atoms with Crippen molar-refractivity contribution in [2.45, 2.75) is 39.1 Å². The third-order valence-electron chi connectivity index (χ3n) is 3.10. The van der Waals surface area contributed by atoms with Gasteiger partial charge in [-0.2, -0.15) is 17.5 Å². The van der Waals surface area contributed by atoms with Crippen molar-refractivity contribution in [3.05, 3.63) is 10.8 Å². The summed E-state index contributed by atoms with van der Waals surface area (Å²) in [6.07, 6.45) is -4.83. The summed E-state index contributed by atoms with van der Waals surface area (Å²) >= 11 is 0.360. The molecule has 0 saturated carbocycles. The highest BCUT2D eigenvalue weighted by Gasteiger charge is 2.35. The van der Waals surface area contributed by atoms with E-state index in [1.807, 2.05) is 4.90 Å². The van der Waals surface area contributed by atoms with E-state index in [-0.39, 0.29) is 18.5 Å². The number of hydrogen-bond donors (Lipinski definition) is 0. The van der Waals surface area contributed by atoms with Gasteiger partial charge in [-0.1, -0.05) is 0 Å². The van der Waals surface area contributed by atoms with Crippen LogP contribution in [0.5, 0.6) is 0 Å². The number of aromatic nitrogens is 2. The first-order chi connectivity index (χ1) is 10.5. The second kappa shape index (κ2) is 6.60. The van der Waals surface area contributed by atoms with E-state index in [1.165, 1.54) is 0 Å². The minimum absolute atomic E-state index is 0.160. The maximum atomic E-state index is 12.5. The van der Waals surface area contributed by atoms with Crippen LogP contribution < -0.4 is 0 Å². The molecule has 10 heteroatoms. The van der Waals surface area contributed by atoms with Crippen LogP contribution in [0, 0.1) is 0 Å². The zero-order chi connectivity index (χ0) is 17.3. The highest BCUT2D eigenvalue weighted by molar-refractivity contribution is 7.05. The molecular weight excluding hydrogens is 333 g/mol. The van der Waals surface area contributed by atoms with Crippen LogP contribution in [0.25, 0.3) is 0 Å². The van der Waals surface area contributed by atoms with Gasteiger partial charge in [-0.3, -0.25) is 4.90 Å². The van der Waals surface area contributed by atoms with Crippen molar-refractivity contribution in [3.63, 3.8) is 0 Å². The molecule has 0 atom stereocenters. The molecule has 1 amide bonds. The van der Waals surface area contributed by atoms with Gasteiger partial charge < -0.3 is 9.64 Å². The maximum Gasteiger partial charge on any atom is 0.444 e. The van der Waals surface area contributed by atoms with Gasteiger partial charge in [-0.05, 0) is 32.3 Å². The monoisotopic (exact) mass is 352 g/mol. The van der Waals surface area contributed by atoms with Crippen molar-refractivity contribution >= 4 is 17.6 Å². The second-order valence-electron chi connectivity index (χ2n) is 6.26. The topological polar surface area (TPSA) is 58.6 Å². The number of alkyl halides is 3. The van der Waals surface area contributed by atoms with Crippen molar-refractivity contribution < 1.29 is 22.7 Å². The molecule has 1 aromatic heterocycles. The van der Waals surface area contributed by atoms with E-state index in [2.05, 4.69) is 9.36 Å². The fourth-order valence-corrected chi connectivity index (χ4v) is 2.59. The molecular formula is C13H19F3N4O2S. The van der Waals surface area contributed by atoms with Crippen molar-refractivity contribution in [2.75, 3.05) is 26.2 Å². The van der Waals surface area contributed by atoms with Crippen molar-refractivity contribution in [1.29, 1.82) is 0 Å². The molecule has 6 nitrogen and oxygen atoms in total. The molecule has 0 spiro atoms. The molecule has 1 aliphatic rings. The van der Waals surface area contributed by atoms with Gasteiger partial charge in [-0.25, -0.2) is 9.78 Å². The van der Waals surface area contributed by atoms with Crippen LogP contribution >= 0.6 is 11.5 Å². The summed E-state index contributed by atoms with van der Waals surface area (Å²) in [6, 6.07) is 0. The number of carbonyl (C=O) groups is 1. The first-order valence-corrected chi connectivity index (χ1v) is 7.92. The number of rotatable bonds is 2. The maximum absolute atomic E-state index is 12.5. The lowest BCUT2D eigenvalue weighted by atomic mass is 10.2. The summed E-state index contributed by atoms with van der Waals surface area (Å²) in [5, 5.41) is -0.931. The summed E-state index contributed by atoms with van der Waals surface area (Å²) < 4.78 is 46.5. The van der Waals surface area contributed by atoms with E-state index in [4.69, 9.17) is 4.74 Å². The van der Waals surface area contributed by atoms with Gasteiger partial charge in [0.05, 0.1) is 6.54 Å². The van der Waals surface area contributed by atoms with Gasteiger partial charge in [0, 0.05) is 26.2 Å². The van der Waals surface area contributed by atoms with Crippen LogP contribution in [0.4, 0.5) is 18.0 Å². The predicted octanol–water partition coefficient (Wildman–Crippen LogP) is 2.61. The number of piperazine rings is 1. The highest BCUT2D eigenvalue weighted by atomic mass is 32.1. The van der Waals surface area contributed by atoms with E-state index < -0.39 is 16.8 Å². The van der Waals surface area contributed by atoms with Crippen LogP contribution in [-0.2, 0) is 17.5 Å².